The van der Waals surface area contributed by atoms with Crippen LogP contribution < -0.4 is 0 Å². The Bertz CT molecular complexity index is 659. The molecule has 0 N–H and O–H groups in total. The van der Waals surface area contributed by atoms with Gasteiger partial charge in [-0.1, -0.05) is 77.1 Å². The predicted molar refractivity (Wildman–Crippen MR) is 128 cm³/mol. The molecule has 0 radical (unpaired) electrons. The highest BCUT2D eigenvalue weighted by atomic mass is 16.6. The van der Waals surface area contributed by atoms with E-state index >= 15 is 0 Å². The van der Waals surface area contributed by atoms with Crippen molar-refractivity contribution in [2.45, 2.75) is 62.3 Å². The first-order chi connectivity index (χ1) is 14.0. The van der Waals surface area contributed by atoms with Crippen molar-refractivity contribution in [1.82, 2.24) is 0 Å². The van der Waals surface area contributed by atoms with Crippen LogP contribution in [0.25, 0.3) is 5.57 Å². The minimum atomic E-state index is -0.471. The third-order valence-electron chi connectivity index (χ3n) is 4.94. The number of carbonyl (C=O) groups excluding carboxylic acids is 2. The molecule has 0 aliphatic carbocycles. The van der Waals surface area contributed by atoms with Crippen LogP contribution in [-0.2, 0) is 14.3 Å². The topological polar surface area (TPSA) is 52.6 Å². The summed E-state index contributed by atoms with van der Waals surface area (Å²) in [6.45, 7) is 18.7. The SMILES string of the molecule is C/C=C\C(=C/C)c1ccc(C=O)cc1.CC.COCCOC(=O)C(C)(C)C(C)(C)C. The molecule has 0 unspecified atom stereocenters. The zero-order chi connectivity index (χ0) is 23.8. The monoisotopic (exact) mass is 418 g/mol. The van der Waals surface area contributed by atoms with Crippen LogP contribution in [0, 0.1) is 10.8 Å². The van der Waals surface area contributed by atoms with Crippen LogP contribution in [0.4, 0.5) is 0 Å². The second kappa shape index (κ2) is 15.6. The Labute approximate surface area is 184 Å². The van der Waals surface area contributed by atoms with Crippen molar-refractivity contribution in [2.75, 3.05) is 20.3 Å². The van der Waals surface area contributed by atoms with Crippen LogP contribution in [0.15, 0.2) is 42.5 Å². The summed E-state index contributed by atoms with van der Waals surface area (Å²) in [4.78, 5) is 22.2. The smallest absolute Gasteiger partial charge is 0.312 e. The van der Waals surface area contributed by atoms with E-state index in [0.29, 0.717) is 18.8 Å². The van der Waals surface area contributed by atoms with Crippen molar-refractivity contribution in [3.05, 3.63) is 53.6 Å². The van der Waals surface area contributed by atoms with Gasteiger partial charge >= 0.3 is 5.97 Å². The molecular weight excluding hydrogens is 376 g/mol. The molecule has 0 saturated heterocycles. The molecule has 1 aromatic carbocycles. The van der Waals surface area contributed by atoms with Crippen LogP contribution in [0.2, 0.25) is 0 Å². The zero-order valence-corrected chi connectivity index (χ0v) is 20.7. The van der Waals surface area contributed by atoms with Crippen LogP contribution >= 0.6 is 0 Å². The summed E-state index contributed by atoms with van der Waals surface area (Å²) in [5.74, 6) is -0.165. The molecule has 4 heteroatoms. The van der Waals surface area contributed by atoms with E-state index in [0.717, 1.165) is 11.8 Å². The fraction of sp³-hybridized carbons (Fsp3) is 0.538. The summed E-state index contributed by atoms with van der Waals surface area (Å²) in [5, 5.41) is 0. The number of carbonyl (C=O) groups is 2. The summed E-state index contributed by atoms with van der Waals surface area (Å²) in [6.07, 6.45) is 6.96. The Morgan fingerprint density at radius 2 is 1.50 bits per heavy atom. The molecule has 30 heavy (non-hydrogen) atoms. The van der Waals surface area contributed by atoms with E-state index in [4.69, 9.17) is 9.47 Å². The number of ether oxygens (including phenoxy) is 2. The van der Waals surface area contributed by atoms with Gasteiger partial charge in [-0.05, 0) is 44.2 Å². The molecule has 0 amide bonds. The molecule has 170 valence electrons. The van der Waals surface area contributed by atoms with Crippen molar-refractivity contribution in [3.8, 4) is 0 Å². The lowest BCUT2D eigenvalue weighted by Crippen LogP contribution is -2.39. The Morgan fingerprint density at radius 3 is 1.87 bits per heavy atom. The molecule has 1 rings (SSSR count). The van der Waals surface area contributed by atoms with E-state index in [1.54, 1.807) is 7.11 Å². The molecular formula is C26H42O4. The molecule has 0 atom stereocenters. The minimum Gasteiger partial charge on any atom is -0.463 e. The van der Waals surface area contributed by atoms with Gasteiger partial charge in [0.15, 0.2) is 0 Å². The van der Waals surface area contributed by atoms with E-state index in [9.17, 15) is 9.59 Å². The van der Waals surface area contributed by atoms with Gasteiger partial charge in [0.1, 0.15) is 12.9 Å². The lowest BCUT2D eigenvalue weighted by atomic mass is 9.69. The molecule has 0 bridgehead atoms. The first kappa shape index (κ1) is 30.0. The third kappa shape index (κ3) is 10.5. The number of aldehydes is 1. The molecule has 0 aromatic heterocycles. The van der Waals surface area contributed by atoms with Gasteiger partial charge in [-0.25, -0.2) is 0 Å². The summed E-state index contributed by atoms with van der Waals surface area (Å²) in [6, 6.07) is 7.57. The quantitative estimate of drug-likeness (QED) is 0.213. The van der Waals surface area contributed by atoms with Crippen molar-refractivity contribution >= 4 is 17.8 Å². The number of hydrogen-bond donors (Lipinski definition) is 0. The van der Waals surface area contributed by atoms with E-state index in [1.165, 1.54) is 5.57 Å². The average Bonchev–Trinajstić information content (AvgIpc) is 2.73. The largest absolute Gasteiger partial charge is 0.463 e. The summed E-state index contributed by atoms with van der Waals surface area (Å²) in [5.41, 5.74) is 2.45. The van der Waals surface area contributed by atoms with Crippen molar-refractivity contribution in [2.24, 2.45) is 10.8 Å². The van der Waals surface area contributed by atoms with Crippen molar-refractivity contribution in [3.63, 3.8) is 0 Å². The molecule has 0 heterocycles. The average molecular weight is 419 g/mol. The van der Waals surface area contributed by atoms with Gasteiger partial charge in [-0.2, -0.15) is 0 Å². The van der Waals surface area contributed by atoms with E-state index < -0.39 is 5.41 Å². The number of esters is 1. The molecule has 4 nitrogen and oxygen atoms in total. The Balaban J connectivity index is 0. The fourth-order valence-electron chi connectivity index (χ4n) is 2.00. The molecule has 0 aliphatic rings. The molecule has 0 spiro atoms. The number of allylic oxidation sites excluding steroid dienone is 4. The Kier molecular flexibility index (Phi) is 15.6. The molecule has 0 saturated carbocycles. The minimum absolute atomic E-state index is 0.100. The van der Waals surface area contributed by atoms with Gasteiger partial charge in [0.2, 0.25) is 0 Å². The lowest BCUT2D eigenvalue weighted by molar-refractivity contribution is -0.161. The number of hydrogen-bond acceptors (Lipinski definition) is 4. The number of rotatable bonds is 7. The Hall–Kier alpha value is -2.20. The first-order valence-corrected chi connectivity index (χ1v) is 10.6. The summed E-state index contributed by atoms with van der Waals surface area (Å²) >= 11 is 0. The predicted octanol–water partition coefficient (Wildman–Crippen LogP) is 6.75. The maximum atomic E-state index is 11.7. The number of methoxy groups -OCH3 is 1. The third-order valence-corrected chi connectivity index (χ3v) is 4.94. The van der Waals surface area contributed by atoms with Gasteiger partial charge in [0, 0.05) is 12.7 Å². The standard InChI is InChI=1S/C13H14O.C11H22O3.C2H6/c1-3-5-12(4-2)13-8-6-11(10-14)7-9-13;1-10(2,3)11(4,5)9(12)14-8-7-13-6;1-2/h3-10H,1-2H3;7-8H2,1-6H3;1-2H3/b5-3-,12-4+;;. The van der Waals surface area contributed by atoms with Gasteiger partial charge in [0.05, 0.1) is 12.0 Å². The van der Waals surface area contributed by atoms with Gasteiger partial charge in [0.25, 0.3) is 0 Å². The highest BCUT2D eigenvalue weighted by Gasteiger charge is 2.41. The van der Waals surface area contributed by atoms with E-state index in [2.05, 4.69) is 12.2 Å². The van der Waals surface area contributed by atoms with Crippen LogP contribution in [0.1, 0.15) is 78.2 Å². The van der Waals surface area contributed by atoms with E-state index in [-0.39, 0.29) is 11.4 Å². The van der Waals surface area contributed by atoms with Crippen LogP contribution in [0.5, 0.6) is 0 Å². The zero-order valence-electron chi connectivity index (χ0n) is 20.7. The second-order valence-electron chi connectivity index (χ2n) is 7.99. The fourth-order valence-corrected chi connectivity index (χ4v) is 2.00. The second-order valence-corrected chi connectivity index (χ2v) is 7.99. The molecule has 1 aromatic rings. The lowest BCUT2D eigenvalue weighted by Gasteiger charge is -2.36. The van der Waals surface area contributed by atoms with E-state index in [1.807, 2.05) is 92.7 Å². The summed E-state index contributed by atoms with van der Waals surface area (Å²) in [7, 11) is 1.59. The summed E-state index contributed by atoms with van der Waals surface area (Å²) < 4.78 is 9.92. The van der Waals surface area contributed by atoms with Gasteiger partial charge in [-0.3, -0.25) is 9.59 Å². The molecule has 0 aliphatic heterocycles. The highest BCUT2D eigenvalue weighted by Crippen LogP contribution is 2.38. The first-order valence-electron chi connectivity index (χ1n) is 10.6. The van der Waals surface area contributed by atoms with Crippen molar-refractivity contribution < 1.29 is 19.1 Å². The number of benzene rings is 1. The normalized spacial score (nSPS) is 11.7. The highest BCUT2D eigenvalue weighted by molar-refractivity contribution is 5.78. The van der Waals surface area contributed by atoms with Crippen LogP contribution in [-0.4, -0.2) is 32.6 Å². The maximum absolute atomic E-state index is 11.7. The van der Waals surface area contributed by atoms with Crippen LogP contribution in [0.3, 0.4) is 0 Å². The van der Waals surface area contributed by atoms with Crippen molar-refractivity contribution in [1.29, 1.82) is 0 Å². The Morgan fingerprint density at radius 1 is 0.967 bits per heavy atom. The van der Waals surface area contributed by atoms with Gasteiger partial charge < -0.3 is 9.47 Å². The molecule has 0 fully saturated rings. The maximum Gasteiger partial charge on any atom is 0.312 e. The van der Waals surface area contributed by atoms with Gasteiger partial charge in [-0.15, -0.1) is 0 Å².